The summed E-state index contributed by atoms with van der Waals surface area (Å²) in [6.45, 7) is 0.0864. The minimum absolute atomic E-state index is 0.0390. The van der Waals surface area contributed by atoms with Crippen molar-refractivity contribution in [3.05, 3.63) is 26.6 Å². The maximum atomic E-state index is 11.9. The second kappa shape index (κ2) is 5.31. The van der Waals surface area contributed by atoms with Crippen LogP contribution in [0.15, 0.2) is 21.1 Å². The molecule has 2 rings (SSSR count). The number of carboxylic acids is 1. The first-order valence-electron chi connectivity index (χ1n) is 5.36. The summed E-state index contributed by atoms with van der Waals surface area (Å²) in [6.07, 6.45) is -0.0390. The molecule has 1 N–H and O–H groups in total. The Morgan fingerprint density at radius 2 is 2.16 bits per heavy atom. The molecule has 1 aromatic rings. The van der Waals surface area contributed by atoms with E-state index in [2.05, 4.69) is 31.9 Å². The number of nitriles is 1. The van der Waals surface area contributed by atoms with E-state index in [1.165, 1.54) is 4.90 Å². The van der Waals surface area contributed by atoms with Crippen LogP contribution in [0.5, 0.6) is 0 Å². The van der Waals surface area contributed by atoms with Gasteiger partial charge >= 0.3 is 5.97 Å². The van der Waals surface area contributed by atoms with Crippen LogP contribution < -0.4 is 4.90 Å². The lowest BCUT2D eigenvalue weighted by molar-refractivity contribution is -0.141. The molecule has 0 spiro atoms. The number of carbonyl (C=O) groups excluding carboxylic acids is 1. The van der Waals surface area contributed by atoms with Gasteiger partial charge in [-0.05, 0) is 28.1 Å². The predicted octanol–water partition coefficient (Wildman–Crippen LogP) is 2.52. The number of nitrogens with zero attached hydrogens (tertiary/aromatic N) is 2. The lowest BCUT2D eigenvalue weighted by atomic mass is 10.1. The van der Waals surface area contributed by atoms with Gasteiger partial charge in [0.1, 0.15) is 6.07 Å². The normalized spacial score (nSPS) is 18.5. The summed E-state index contributed by atoms with van der Waals surface area (Å²) in [5, 5.41) is 18.1. The SMILES string of the molecule is N#Cc1cc(Br)cc(Br)c1N1CC(C(=O)O)CC1=O. The van der Waals surface area contributed by atoms with Gasteiger partial charge in [-0.25, -0.2) is 0 Å². The molecular formula is C12H8Br2N2O3. The number of halogens is 2. The third-order valence-electron chi connectivity index (χ3n) is 2.89. The van der Waals surface area contributed by atoms with E-state index in [1.54, 1.807) is 12.1 Å². The fraction of sp³-hybridized carbons (Fsp3) is 0.250. The van der Waals surface area contributed by atoms with Crippen molar-refractivity contribution in [1.82, 2.24) is 0 Å². The molecule has 0 aliphatic carbocycles. The number of aliphatic carboxylic acids is 1. The summed E-state index contributed by atoms with van der Waals surface area (Å²) in [5.74, 6) is -2.01. The van der Waals surface area contributed by atoms with E-state index in [-0.39, 0.29) is 18.9 Å². The second-order valence-electron chi connectivity index (χ2n) is 4.14. The Morgan fingerprint density at radius 3 is 2.68 bits per heavy atom. The van der Waals surface area contributed by atoms with Gasteiger partial charge < -0.3 is 10.0 Å². The van der Waals surface area contributed by atoms with Crippen LogP contribution in [0, 0.1) is 17.2 Å². The van der Waals surface area contributed by atoms with Gasteiger partial charge in [-0.15, -0.1) is 0 Å². The first kappa shape index (κ1) is 14.0. The highest BCUT2D eigenvalue weighted by atomic mass is 79.9. The average Bonchev–Trinajstić information content (AvgIpc) is 2.70. The Balaban J connectivity index is 2.46. The van der Waals surface area contributed by atoms with Gasteiger partial charge in [-0.2, -0.15) is 5.26 Å². The minimum atomic E-state index is -0.998. The van der Waals surface area contributed by atoms with Crippen LogP contribution in [-0.2, 0) is 9.59 Å². The largest absolute Gasteiger partial charge is 0.481 e. The molecule has 1 unspecified atom stereocenters. The van der Waals surface area contributed by atoms with E-state index in [4.69, 9.17) is 10.4 Å². The quantitative estimate of drug-likeness (QED) is 0.845. The Morgan fingerprint density at radius 1 is 1.47 bits per heavy atom. The lowest BCUT2D eigenvalue weighted by Gasteiger charge is -2.19. The van der Waals surface area contributed by atoms with Gasteiger partial charge in [0.2, 0.25) is 5.91 Å². The molecule has 1 amide bonds. The van der Waals surface area contributed by atoms with Crippen LogP contribution in [0.25, 0.3) is 0 Å². The summed E-state index contributed by atoms with van der Waals surface area (Å²) >= 11 is 6.58. The number of amides is 1. The highest BCUT2D eigenvalue weighted by Crippen LogP contribution is 2.36. The lowest BCUT2D eigenvalue weighted by Crippen LogP contribution is -2.27. The molecule has 1 atom stereocenters. The Bertz CT molecular complexity index is 610. The van der Waals surface area contributed by atoms with Crippen LogP contribution in [0.3, 0.4) is 0 Å². The zero-order chi connectivity index (χ0) is 14.2. The fourth-order valence-electron chi connectivity index (χ4n) is 2.01. The molecule has 1 aliphatic heterocycles. The van der Waals surface area contributed by atoms with Crippen molar-refractivity contribution in [2.75, 3.05) is 11.4 Å². The van der Waals surface area contributed by atoms with Crippen molar-refractivity contribution in [1.29, 1.82) is 5.26 Å². The molecule has 0 radical (unpaired) electrons. The third-order valence-corrected chi connectivity index (χ3v) is 3.96. The summed E-state index contributed by atoms with van der Waals surface area (Å²) in [4.78, 5) is 24.2. The Labute approximate surface area is 126 Å². The standard InChI is InChI=1S/C12H8Br2N2O3/c13-8-1-6(4-15)11(9(14)3-8)16-5-7(12(18)19)2-10(16)17/h1,3,7H,2,5H2,(H,18,19). The summed E-state index contributed by atoms with van der Waals surface area (Å²) < 4.78 is 1.29. The zero-order valence-corrected chi connectivity index (χ0v) is 12.7. The first-order chi connectivity index (χ1) is 8.93. The number of rotatable bonds is 2. The third kappa shape index (κ3) is 2.65. The molecule has 1 saturated heterocycles. The molecule has 5 nitrogen and oxygen atoms in total. The number of hydrogen-bond acceptors (Lipinski definition) is 3. The number of carbonyl (C=O) groups is 2. The molecule has 0 bridgehead atoms. The monoisotopic (exact) mass is 386 g/mol. The average molecular weight is 388 g/mol. The van der Waals surface area contributed by atoms with E-state index in [1.807, 2.05) is 6.07 Å². The molecular weight excluding hydrogens is 380 g/mol. The fourth-order valence-corrected chi connectivity index (χ4v) is 3.45. The van der Waals surface area contributed by atoms with Gasteiger partial charge in [-0.3, -0.25) is 9.59 Å². The maximum Gasteiger partial charge on any atom is 0.308 e. The van der Waals surface area contributed by atoms with Crippen LogP contribution in [-0.4, -0.2) is 23.5 Å². The highest BCUT2D eigenvalue weighted by molar-refractivity contribution is 9.11. The molecule has 1 fully saturated rings. The van der Waals surface area contributed by atoms with Crippen molar-refractivity contribution in [2.45, 2.75) is 6.42 Å². The zero-order valence-electron chi connectivity index (χ0n) is 9.56. The van der Waals surface area contributed by atoms with E-state index >= 15 is 0 Å². The predicted molar refractivity (Wildman–Crippen MR) is 74.7 cm³/mol. The van der Waals surface area contributed by atoms with Crippen molar-refractivity contribution in [3.8, 4) is 6.07 Å². The van der Waals surface area contributed by atoms with E-state index in [9.17, 15) is 9.59 Å². The summed E-state index contributed by atoms with van der Waals surface area (Å²) in [5.41, 5.74) is 0.750. The van der Waals surface area contributed by atoms with Gasteiger partial charge in [0.25, 0.3) is 0 Å². The minimum Gasteiger partial charge on any atom is -0.481 e. The van der Waals surface area contributed by atoms with Gasteiger partial charge in [0.05, 0.1) is 17.2 Å². The Hall–Kier alpha value is -1.39. The maximum absolute atomic E-state index is 11.9. The van der Waals surface area contributed by atoms with Gasteiger partial charge in [0.15, 0.2) is 0 Å². The van der Waals surface area contributed by atoms with Crippen LogP contribution in [0.1, 0.15) is 12.0 Å². The smallest absolute Gasteiger partial charge is 0.308 e. The summed E-state index contributed by atoms with van der Waals surface area (Å²) in [6, 6.07) is 5.34. The van der Waals surface area contributed by atoms with E-state index < -0.39 is 11.9 Å². The molecule has 1 aliphatic rings. The van der Waals surface area contributed by atoms with Crippen LogP contribution in [0.2, 0.25) is 0 Å². The second-order valence-corrected chi connectivity index (χ2v) is 5.91. The molecule has 1 aromatic carbocycles. The van der Waals surface area contributed by atoms with Crippen molar-refractivity contribution >= 4 is 49.4 Å². The van der Waals surface area contributed by atoms with E-state index in [0.717, 1.165) is 0 Å². The molecule has 0 saturated carbocycles. The topological polar surface area (TPSA) is 81.4 Å². The Kier molecular flexibility index (Phi) is 3.92. The van der Waals surface area contributed by atoms with Crippen LogP contribution in [0.4, 0.5) is 5.69 Å². The van der Waals surface area contributed by atoms with Crippen molar-refractivity contribution in [3.63, 3.8) is 0 Å². The molecule has 7 heteroatoms. The van der Waals surface area contributed by atoms with Crippen molar-refractivity contribution < 1.29 is 14.7 Å². The number of benzene rings is 1. The first-order valence-corrected chi connectivity index (χ1v) is 6.95. The van der Waals surface area contributed by atoms with Gasteiger partial charge in [0, 0.05) is 21.9 Å². The van der Waals surface area contributed by atoms with Gasteiger partial charge in [-0.1, -0.05) is 15.9 Å². The van der Waals surface area contributed by atoms with E-state index in [0.29, 0.717) is 20.2 Å². The van der Waals surface area contributed by atoms with Crippen LogP contribution >= 0.6 is 31.9 Å². The number of hydrogen-bond donors (Lipinski definition) is 1. The molecule has 98 valence electrons. The molecule has 19 heavy (non-hydrogen) atoms. The summed E-state index contributed by atoms with van der Waals surface area (Å²) in [7, 11) is 0. The van der Waals surface area contributed by atoms with Crippen molar-refractivity contribution in [2.24, 2.45) is 5.92 Å². The number of anilines is 1. The molecule has 1 heterocycles. The molecule has 0 aromatic heterocycles. The highest BCUT2D eigenvalue weighted by Gasteiger charge is 2.36. The number of carboxylic acid groups (broad SMARTS) is 1.